The molecule has 0 amide bonds. The number of carbonyl (C=O) groups is 2. The molecule has 2 heterocycles. The molecule has 1 aliphatic heterocycles. The molecule has 138 valence electrons. The maximum Gasteiger partial charge on any atom is 0.338 e. The van der Waals surface area contributed by atoms with E-state index in [4.69, 9.17) is 13.9 Å². The third-order valence-electron chi connectivity index (χ3n) is 5.46. The molecular formula is C21H24O5. The van der Waals surface area contributed by atoms with Crippen LogP contribution in [0.15, 0.2) is 59.0 Å². The fourth-order valence-corrected chi connectivity index (χ4v) is 3.85. The van der Waals surface area contributed by atoms with Crippen LogP contribution in [0.4, 0.5) is 0 Å². The standard InChI is InChI=1S/C21H24O5/c1-14-7-8-17-20(23)26-18(15-9-11-25-13-15)12-21(17,2)10-5-4-6-16(14)19(22)24-3/h4-6,9,11,13,17-18H,1,7-8,10,12H2,2-3H3/t17-,18-,21-/m0/s1. The molecule has 1 aliphatic carbocycles. The lowest BCUT2D eigenvalue weighted by atomic mass is 9.66. The Kier molecular flexibility index (Phi) is 5.16. The third kappa shape index (κ3) is 3.52. The van der Waals surface area contributed by atoms with Crippen LogP contribution in [0.2, 0.25) is 0 Å². The van der Waals surface area contributed by atoms with Crippen LogP contribution < -0.4 is 0 Å². The van der Waals surface area contributed by atoms with Gasteiger partial charge in [0.05, 0.1) is 31.1 Å². The largest absolute Gasteiger partial charge is 0.472 e. The van der Waals surface area contributed by atoms with Crippen LogP contribution in [-0.4, -0.2) is 19.0 Å². The van der Waals surface area contributed by atoms with Gasteiger partial charge in [-0.3, -0.25) is 4.79 Å². The Balaban J connectivity index is 1.88. The second kappa shape index (κ2) is 7.36. The van der Waals surface area contributed by atoms with Crippen LogP contribution in [0.3, 0.4) is 0 Å². The molecule has 26 heavy (non-hydrogen) atoms. The van der Waals surface area contributed by atoms with Crippen LogP contribution in [-0.2, 0) is 19.1 Å². The Hall–Kier alpha value is -2.56. The van der Waals surface area contributed by atoms with Gasteiger partial charge in [-0.2, -0.15) is 0 Å². The molecule has 1 aromatic rings. The fourth-order valence-electron chi connectivity index (χ4n) is 3.85. The van der Waals surface area contributed by atoms with E-state index in [1.807, 2.05) is 18.2 Å². The second-order valence-electron chi connectivity index (χ2n) is 7.24. The van der Waals surface area contributed by atoms with Crippen LogP contribution in [0.25, 0.3) is 0 Å². The molecule has 1 saturated heterocycles. The topological polar surface area (TPSA) is 65.7 Å². The van der Waals surface area contributed by atoms with Gasteiger partial charge < -0.3 is 13.9 Å². The quantitative estimate of drug-likeness (QED) is 0.740. The van der Waals surface area contributed by atoms with Crippen molar-refractivity contribution in [2.24, 2.45) is 11.3 Å². The number of carbonyl (C=O) groups excluding carboxylic acids is 2. The molecular weight excluding hydrogens is 332 g/mol. The van der Waals surface area contributed by atoms with Crippen molar-refractivity contribution < 1.29 is 23.5 Å². The minimum Gasteiger partial charge on any atom is -0.472 e. The summed E-state index contributed by atoms with van der Waals surface area (Å²) >= 11 is 0. The van der Waals surface area contributed by atoms with E-state index in [2.05, 4.69) is 13.5 Å². The normalized spacial score (nSPS) is 29.4. The van der Waals surface area contributed by atoms with Crippen LogP contribution >= 0.6 is 0 Å². The molecule has 1 aromatic heterocycles. The SMILES string of the molecule is C=C1CC[C@H]2C(=O)O[C@H](c3ccoc3)C[C@]2(C)CC=CC=C1C(=O)OC. The molecule has 0 unspecified atom stereocenters. The molecule has 0 radical (unpaired) electrons. The molecule has 0 saturated carbocycles. The van der Waals surface area contributed by atoms with E-state index in [0.717, 1.165) is 18.4 Å². The number of rotatable bonds is 2. The number of ether oxygens (including phenoxy) is 2. The highest BCUT2D eigenvalue weighted by atomic mass is 16.5. The summed E-state index contributed by atoms with van der Waals surface area (Å²) in [5, 5.41) is 0. The zero-order valence-electron chi connectivity index (χ0n) is 15.2. The van der Waals surface area contributed by atoms with Crippen molar-refractivity contribution in [3.05, 3.63) is 60.1 Å². The van der Waals surface area contributed by atoms with Gasteiger partial charge in [0.15, 0.2) is 0 Å². The van der Waals surface area contributed by atoms with Gasteiger partial charge in [0.25, 0.3) is 0 Å². The Morgan fingerprint density at radius 1 is 1.42 bits per heavy atom. The van der Waals surface area contributed by atoms with E-state index in [1.165, 1.54) is 7.11 Å². The van der Waals surface area contributed by atoms with Gasteiger partial charge in [0, 0.05) is 5.56 Å². The van der Waals surface area contributed by atoms with Gasteiger partial charge in [-0.1, -0.05) is 25.7 Å². The summed E-state index contributed by atoms with van der Waals surface area (Å²) in [5.41, 5.74) is 1.78. The zero-order valence-corrected chi connectivity index (χ0v) is 15.2. The second-order valence-corrected chi connectivity index (χ2v) is 7.24. The number of cyclic esters (lactones) is 1. The lowest BCUT2D eigenvalue weighted by Crippen LogP contribution is -2.41. The Labute approximate surface area is 153 Å². The van der Waals surface area contributed by atoms with Crippen molar-refractivity contribution in [3.8, 4) is 0 Å². The summed E-state index contributed by atoms with van der Waals surface area (Å²) in [6.45, 7) is 6.14. The van der Waals surface area contributed by atoms with Gasteiger partial charge in [-0.05, 0) is 48.8 Å². The minimum absolute atomic E-state index is 0.199. The van der Waals surface area contributed by atoms with Crippen LogP contribution in [0, 0.1) is 11.3 Å². The van der Waals surface area contributed by atoms with Gasteiger partial charge in [0.1, 0.15) is 6.10 Å². The van der Waals surface area contributed by atoms with Crippen molar-refractivity contribution in [1.29, 1.82) is 0 Å². The zero-order chi connectivity index (χ0) is 18.7. The predicted molar refractivity (Wildman–Crippen MR) is 96.0 cm³/mol. The molecule has 0 bridgehead atoms. The number of hydrogen-bond acceptors (Lipinski definition) is 5. The lowest BCUT2D eigenvalue weighted by Gasteiger charge is -2.43. The van der Waals surface area contributed by atoms with E-state index in [-0.39, 0.29) is 23.4 Å². The van der Waals surface area contributed by atoms with Crippen molar-refractivity contribution >= 4 is 11.9 Å². The Bertz CT molecular complexity index is 755. The smallest absolute Gasteiger partial charge is 0.338 e. The van der Waals surface area contributed by atoms with E-state index < -0.39 is 5.97 Å². The first-order valence-electron chi connectivity index (χ1n) is 8.80. The number of furan rings is 1. The Morgan fingerprint density at radius 3 is 2.92 bits per heavy atom. The summed E-state index contributed by atoms with van der Waals surface area (Å²) in [4.78, 5) is 24.7. The highest BCUT2D eigenvalue weighted by molar-refractivity contribution is 5.93. The summed E-state index contributed by atoms with van der Waals surface area (Å²) in [6, 6.07) is 1.84. The average Bonchev–Trinajstić information content (AvgIpc) is 3.14. The van der Waals surface area contributed by atoms with Crippen molar-refractivity contribution in [2.45, 2.75) is 38.7 Å². The molecule has 2 aliphatic rings. The van der Waals surface area contributed by atoms with Gasteiger partial charge >= 0.3 is 11.9 Å². The van der Waals surface area contributed by atoms with Crippen molar-refractivity contribution in [1.82, 2.24) is 0 Å². The number of methoxy groups -OCH3 is 1. The Morgan fingerprint density at radius 2 is 2.23 bits per heavy atom. The molecule has 3 rings (SSSR count). The molecule has 5 heteroatoms. The molecule has 3 atom stereocenters. The number of hydrogen-bond donors (Lipinski definition) is 0. The van der Waals surface area contributed by atoms with E-state index >= 15 is 0 Å². The van der Waals surface area contributed by atoms with Crippen LogP contribution in [0.1, 0.15) is 44.3 Å². The summed E-state index contributed by atoms with van der Waals surface area (Å²) in [5.74, 6) is -0.853. The first-order chi connectivity index (χ1) is 12.4. The van der Waals surface area contributed by atoms with E-state index in [1.54, 1.807) is 18.6 Å². The molecule has 1 fully saturated rings. The lowest BCUT2D eigenvalue weighted by molar-refractivity contribution is -0.173. The minimum atomic E-state index is -0.408. The van der Waals surface area contributed by atoms with Crippen LogP contribution in [0.5, 0.6) is 0 Å². The number of fused-ring (bicyclic) bond motifs is 1. The van der Waals surface area contributed by atoms with Gasteiger partial charge in [-0.15, -0.1) is 0 Å². The predicted octanol–water partition coefficient (Wildman–Crippen LogP) is 4.29. The summed E-state index contributed by atoms with van der Waals surface area (Å²) in [7, 11) is 1.35. The van der Waals surface area contributed by atoms with Crippen molar-refractivity contribution in [3.63, 3.8) is 0 Å². The van der Waals surface area contributed by atoms with E-state index in [9.17, 15) is 9.59 Å². The molecule has 0 aromatic carbocycles. The summed E-state index contributed by atoms with van der Waals surface area (Å²) in [6.07, 6.45) is 11.1. The first kappa shape index (κ1) is 18.2. The first-order valence-corrected chi connectivity index (χ1v) is 8.80. The highest BCUT2D eigenvalue weighted by Gasteiger charge is 2.46. The van der Waals surface area contributed by atoms with Gasteiger partial charge in [0.2, 0.25) is 0 Å². The summed E-state index contributed by atoms with van der Waals surface area (Å²) < 4.78 is 15.7. The van der Waals surface area contributed by atoms with E-state index in [0.29, 0.717) is 24.0 Å². The fraction of sp³-hybridized carbons (Fsp3) is 0.429. The highest BCUT2D eigenvalue weighted by Crippen LogP contribution is 2.49. The molecule has 5 nitrogen and oxygen atoms in total. The maximum atomic E-state index is 12.8. The molecule has 0 spiro atoms. The third-order valence-corrected chi connectivity index (χ3v) is 5.46. The average molecular weight is 356 g/mol. The number of allylic oxidation sites excluding steroid dienone is 3. The number of esters is 2. The molecule has 0 N–H and O–H groups in total. The van der Waals surface area contributed by atoms with Gasteiger partial charge in [-0.25, -0.2) is 4.79 Å². The maximum absolute atomic E-state index is 12.8. The van der Waals surface area contributed by atoms with Crippen molar-refractivity contribution in [2.75, 3.05) is 7.11 Å². The monoisotopic (exact) mass is 356 g/mol.